The van der Waals surface area contributed by atoms with Crippen molar-refractivity contribution in [1.29, 1.82) is 0 Å². The zero-order chi connectivity index (χ0) is 13.0. The molecule has 102 valence electrons. The highest BCUT2D eigenvalue weighted by atomic mass is 16.5. The molecule has 1 aromatic rings. The van der Waals surface area contributed by atoms with Crippen LogP contribution >= 0.6 is 0 Å². The Bertz CT molecular complexity index is 361. The highest BCUT2D eigenvalue weighted by Crippen LogP contribution is 2.19. The fraction of sp³-hybridized carbons (Fsp3) is 0.833. The van der Waals surface area contributed by atoms with Crippen LogP contribution in [0.5, 0.6) is 0 Å². The first kappa shape index (κ1) is 13.5. The third-order valence-corrected chi connectivity index (χ3v) is 3.53. The second-order valence-electron chi connectivity index (χ2n) is 4.68. The minimum Gasteiger partial charge on any atom is -0.395 e. The zero-order valence-corrected chi connectivity index (χ0v) is 11.2. The van der Waals surface area contributed by atoms with Gasteiger partial charge in [-0.15, -0.1) is 0 Å². The number of hydrogen-bond acceptors (Lipinski definition) is 6. The number of aliphatic hydroxyl groups is 1. The summed E-state index contributed by atoms with van der Waals surface area (Å²) >= 11 is 0. The molecule has 0 bridgehead atoms. The van der Waals surface area contributed by atoms with Gasteiger partial charge in [0.1, 0.15) is 0 Å². The predicted octanol–water partition coefficient (Wildman–Crippen LogP) is 0.303. The van der Waals surface area contributed by atoms with Crippen molar-refractivity contribution in [3.05, 3.63) is 11.7 Å². The van der Waals surface area contributed by atoms with Gasteiger partial charge in [-0.2, -0.15) is 4.98 Å². The SMILES string of the molecule is CCc1noc(C(C)N2CCN(CCO)CC2)n1. The van der Waals surface area contributed by atoms with Gasteiger partial charge < -0.3 is 9.63 Å². The molecule has 0 aliphatic carbocycles. The third-order valence-electron chi connectivity index (χ3n) is 3.53. The Morgan fingerprint density at radius 3 is 2.61 bits per heavy atom. The summed E-state index contributed by atoms with van der Waals surface area (Å²) in [7, 11) is 0. The summed E-state index contributed by atoms with van der Waals surface area (Å²) in [6, 6.07) is 0.175. The summed E-state index contributed by atoms with van der Waals surface area (Å²) in [5.41, 5.74) is 0. The quantitative estimate of drug-likeness (QED) is 0.815. The van der Waals surface area contributed by atoms with Gasteiger partial charge in [-0.3, -0.25) is 9.80 Å². The zero-order valence-electron chi connectivity index (χ0n) is 11.2. The predicted molar refractivity (Wildman–Crippen MR) is 67.2 cm³/mol. The van der Waals surface area contributed by atoms with Crippen molar-refractivity contribution < 1.29 is 9.63 Å². The van der Waals surface area contributed by atoms with Crippen LogP contribution in [0.25, 0.3) is 0 Å². The molecule has 0 radical (unpaired) electrons. The second-order valence-corrected chi connectivity index (χ2v) is 4.68. The van der Waals surface area contributed by atoms with Crippen LogP contribution in [0.1, 0.15) is 31.6 Å². The van der Waals surface area contributed by atoms with E-state index < -0.39 is 0 Å². The number of nitrogens with zero attached hydrogens (tertiary/aromatic N) is 4. The Hall–Kier alpha value is -0.980. The molecule has 1 N–H and O–H groups in total. The van der Waals surface area contributed by atoms with Gasteiger partial charge in [0.2, 0.25) is 5.89 Å². The first-order valence-corrected chi connectivity index (χ1v) is 6.64. The van der Waals surface area contributed by atoms with Gasteiger partial charge in [0, 0.05) is 39.1 Å². The molecule has 2 rings (SSSR count). The van der Waals surface area contributed by atoms with Crippen molar-refractivity contribution in [2.75, 3.05) is 39.3 Å². The summed E-state index contributed by atoms with van der Waals surface area (Å²) < 4.78 is 5.29. The van der Waals surface area contributed by atoms with Gasteiger partial charge >= 0.3 is 0 Å². The molecule has 1 fully saturated rings. The molecule has 1 aromatic heterocycles. The molecule has 18 heavy (non-hydrogen) atoms. The number of rotatable bonds is 5. The standard InChI is InChI=1S/C12H22N4O2/c1-3-11-13-12(18-14-11)10(2)16-6-4-15(5-7-16)8-9-17/h10,17H,3-9H2,1-2H3. The molecule has 0 aromatic carbocycles. The monoisotopic (exact) mass is 254 g/mol. The van der Waals surface area contributed by atoms with E-state index in [0.717, 1.165) is 45.0 Å². The van der Waals surface area contributed by atoms with Crippen LogP contribution in [-0.2, 0) is 6.42 Å². The topological polar surface area (TPSA) is 65.6 Å². The molecule has 1 atom stereocenters. The van der Waals surface area contributed by atoms with Gasteiger partial charge in [-0.1, -0.05) is 12.1 Å². The van der Waals surface area contributed by atoms with Crippen LogP contribution < -0.4 is 0 Å². The van der Waals surface area contributed by atoms with E-state index in [0.29, 0.717) is 5.89 Å². The first-order chi connectivity index (χ1) is 8.74. The molecular formula is C12H22N4O2. The van der Waals surface area contributed by atoms with E-state index in [-0.39, 0.29) is 12.6 Å². The van der Waals surface area contributed by atoms with E-state index in [1.54, 1.807) is 0 Å². The van der Waals surface area contributed by atoms with Crippen molar-refractivity contribution in [2.24, 2.45) is 0 Å². The molecule has 0 spiro atoms. The number of β-amino-alcohol motifs (C(OH)–C–C–N with tert-alkyl or cyclic N) is 1. The van der Waals surface area contributed by atoms with Crippen molar-refractivity contribution in [2.45, 2.75) is 26.3 Å². The Labute approximate surface area is 108 Å². The molecule has 1 saturated heterocycles. The third kappa shape index (κ3) is 3.07. The van der Waals surface area contributed by atoms with Gasteiger partial charge in [-0.05, 0) is 6.92 Å². The lowest BCUT2D eigenvalue weighted by atomic mass is 10.2. The highest BCUT2D eigenvalue weighted by Gasteiger charge is 2.25. The number of aromatic nitrogens is 2. The van der Waals surface area contributed by atoms with Gasteiger partial charge in [0.15, 0.2) is 5.82 Å². The van der Waals surface area contributed by atoms with E-state index in [4.69, 9.17) is 9.63 Å². The van der Waals surface area contributed by atoms with Crippen LogP contribution in [-0.4, -0.2) is 64.4 Å². The molecule has 1 aliphatic rings. The summed E-state index contributed by atoms with van der Waals surface area (Å²) in [6.45, 7) is 9.05. The number of piperazine rings is 1. The van der Waals surface area contributed by atoms with Crippen molar-refractivity contribution >= 4 is 0 Å². The van der Waals surface area contributed by atoms with E-state index in [1.807, 2.05) is 6.92 Å². The number of aryl methyl sites for hydroxylation is 1. The van der Waals surface area contributed by atoms with Crippen molar-refractivity contribution in [1.82, 2.24) is 19.9 Å². The molecule has 1 aliphatic heterocycles. The minimum atomic E-state index is 0.175. The molecule has 0 saturated carbocycles. The maximum Gasteiger partial charge on any atom is 0.243 e. The maximum atomic E-state index is 8.91. The summed E-state index contributed by atoms with van der Waals surface area (Å²) in [4.78, 5) is 9.01. The molecule has 1 unspecified atom stereocenters. The van der Waals surface area contributed by atoms with Gasteiger partial charge in [-0.25, -0.2) is 0 Å². The van der Waals surface area contributed by atoms with Crippen molar-refractivity contribution in [3.63, 3.8) is 0 Å². The minimum absolute atomic E-state index is 0.175. The van der Waals surface area contributed by atoms with Crippen LogP contribution in [0.4, 0.5) is 0 Å². The highest BCUT2D eigenvalue weighted by molar-refractivity contribution is 4.93. The van der Waals surface area contributed by atoms with Crippen LogP contribution in [0.2, 0.25) is 0 Å². The average Bonchev–Trinajstić information content (AvgIpc) is 2.88. The molecule has 6 nitrogen and oxygen atoms in total. The average molecular weight is 254 g/mol. The molecule has 0 amide bonds. The molecule has 2 heterocycles. The van der Waals surface area contributed by atoms with E-state index in [9.17, 15) is 0 Å². The summed E-state index contributed by atoms with van der Waals surface area (Å²) in [5.74, 6) is 1.48. The Kier molecular flexibility index (Phi) is 4.68. The lowest BCUT2D eigenvalue weighted by Gasteiger charge is -2.36. The lowest BCUT2D eigenvalue weighted by Crippen LogP contribution is -2.47. The van der Waals surface area contributed by atoms with Gasteiger partial charge in [0.05, 0.1) is 12.6 Å². The fourth-order valence-corrected chi connectivity index (χ4v) is 2.25. The van der Waals surface area contributed by atoms with E-state index >= 15 is 0 Å². The van der Waals surface area contributed by atoms with E-state index in [2.05, 4.69) is 26.9 Å². The Morgan fingerprint density at radius 2 is 2.06 bits per heavy atom. The number of aliphatic hydroxyl groups excluding tert-OH is 1. The van der Waals surface area contributed by atoms with Crippen LogP contribution in [0, 0.1) is 0 Å². The molecule has 6 heteroatoms. The van der Waals surface area contributed by atoms with Crippen molar-refractivity contribution in [3.8, 4) is 0 Å². The second kappa shape index (κ2) is 6.26. The molecular weight excluding hydrogens is 232 g/mol. The first-order valence-electron chi connectivity index (χ1n) is 6.64. The largest absolute Gasteiger partial charge is 0.395 e. The summed E-state index contributed by atoms with van der Waals surface area (Å²) in [5, 5.41) is 12.9. The van der Waals surface area contributed by atoms with Crippen LogP contribution in [0.3, 0.4) is 0 Å². The summed E-state index contributed by atoms with van der Waals surface area (Å²) in [6.07, 6.45) is 0.806. The maximum absolute atomic E-state index is 8.91. The van der Waals surface area contributed by atoms with Gasteiger partial charge in [0.25, 0.3) is 0 Å². The van der Waals surface area contributed by atoms with Crippen LogP contribution in [0.15, 0.2) is 4.52 Å². The smallest absolute Gasteiger partial charge is 0.243 e. The Balaban J connectivity index is 1.88. The van der Waals surface area contributed by atoms with E-state index in [1.165, 1.54) is 0 Å². The Morgan fingerprint density at radius 1 is 1.33 bits per heavy atom. The number of hydrogen-bond donors (Lipinski definition) is 1. The normalized spacial score (nSPS) is 20.2. The lowest BCUT2D eigenvalue weighted by molar-refractivity contribution is 0.0776. The fourth-order valence-electron chi connectivity index (χ4n) is 2.25.